The SMILES string of the molecule is Cc1ccn2nc(C(C)Nc3ncnc4c3c(-c3ccnc(N5CCC(N(C)C)CC5)c3)cn4COCC[Si](C)(C)C)n(-c3ccccc3)c(=O)c12. The van der Waals surface area contributed by atoms with Crippen molar-refractivity contribution in [2.75, 3.05) is 44.0 Å². The molecule has 1 unspecified atom stereocenters. The van der Waals surface area contributed by atoms with E-state index >= 15 is 0 Å². The first-order valence-electron chi connectivity index (χ1n) is 18.2. The maximum atomic E-state index is 14.1. The van der Waals surface area contributed by atoms with E-state index in [0.29, 0.717) is 36.5 Å². The van der Waals surface area contributed by atoms with E-state index < -0.39 is 14.1 Å². The molecule has 0 saturated carbocycles. The number of hydrogen-bond donors (Lipinski definition) is 1. The number of piperidine rings is 1. The van der Waals surface area contributed by atoms with Gasteiger partial charge in [0, 0.05) is 58.0 Å². The monoisotopic (exact) mass is 718 g/mol. The van der Waals surface area contributed by atoms with Crippen molar-refractivity contribution < 1.29 is 4.74 Å². The summed E-state index contributed by atoms with van der Waals surface area (Å²) < 4.78 is 11.7. The predicted molar refractivity (Wildman–Crippen MR) is 211 cm³/mol. The molecule has 5 aromatic heterocycles. The Morgan fingerprint density at radius 2 is 1.81 bits per heavy atom. The van der Waals surface area contributed by atoms with Crippen molar-refractivity contribution in [3.05, 3.63) is 95.2 Å². The van der Waals surface area contributed by atoms with E-state index in [1.165, 1.54) is 0 Å². The van der Waals surface area contributed by atoms with Crippen LogP contribution in [0.5, 0.6) is 0 Å². The van der Waals surface area contributed by atoms with Crippen LogP contribution in [-0.2, 0) is 11.5 Å². The second-order valence-electron chi connectivity index (χ2n) is 15.4. The van der Waals surface area contributed by atoms with E-state index in [2.05, 4.69) is 71.7 Å². The summed E-state index contributed by atoms with van der Waals surface area (Å²) in [5, 5.41) is 9.50. The number of pyridine rings is 1. The Labute approximate surface area is 306 Å². The van der Waals surface area contributed by atoms with Crippen LogP contribution in [0.25, 0.3) is 33.4 Å². The number of rotatable bonds is 12. The van der Waals surface area contributed by atoms with Gasteiger partial charge in [0.2, 0.25) is 0 Å². The van der Waals surface area contributed by atoms with Crippen molar-refractivity contribution in [2.45, 2.75) is 71.2 Å². The molecule has 1 saturated heterocycles. The zero-order chi connectivity index (χ0) is 36.6. The van der Waals surface area contributed by atoms with Gasteiger partial charge in [0.25, 0.3) is 5.56 Å². The maximum absolute atomic E-state index is 14.1. The van der Waals surface area contributed by atoms with Crippen molar-refractivity contribution in [3.63, 3.8) is 0 Å². The number of benzene rings is 1. The number of nitrogens with zero attached hydrogens (tertiary/aromatic N) is 9. The minimum absolute atomic E-state index is 0.124. The highest BCUT2D eigenvalue weighted by atomic mass is 28.3. The molecule has 12 nitrogen and oxygen atoms in total. The molecule has 272 valence electrons. The summed E-state index contributed by atoms with van der Waals surface area (Å²) >= 11 is 0. The minimum atomic E-state index is -1.26. The molecular weight excluding hydrogens is 669 g/mol. The fourth-order valence-corrected chi connectivity index (χ4v) is 7.83. The van der Waals surface area contributed by atoms with Gasteiger partial charge in [0.15, 0.2) is 5.82 Å². The van der Waals surface area contributed by atoms with Gasteiger partial charge >= 0.3 is 0 Å². The molecular formula is C39H50N10O2Si. The lowest BCUT2D eigenvalue weighted by Crippen LogP contribution is -2.42. The summed E-state index contributed by atoms with van der Waals surface area (Å²) in [6.07, 6.45) is 9.64. The topological polar surface area (TPSA) is 111 Å². The summed E-state index contributed by atoms with van der Waals surface area (Å²) in [6, 6.07) is 17.1. The Morgan fingerprint density at radius 3 is 2.54 bits per heavy atom. The third-order valence-corrected chi connectivity index (χ3v) is 11.8. The molecule has 6 heterocycles. The average Bonchev–Trinajstić information content (AvgIpc) is 3.71. The lowest BCUT2D eigenvalue weighted by molar-refractivity contribution is 0.0899. The van der Waals surface area contributed by atoms with E-state index in [-0.39, 0.29) is 5.56 Å². The minimum Gasteiger partial charge on any atom is -0.361 e. The highest BCUT2D eigenvalue weighted by Crippen LogP contribution is 2.36. The number of anilines is 2. The summed E-state index contributed by atoms with van der Waals surface area (Å²) in [5.74, 6) is 2.18. The molecule has 0 aliphatic carbocycles. The number of aryl methyl sites for hydroxylation is 1. The van der Waals surface area contributed by atoms with Crippen molar-refractivity contribution >= 4 is 36.3 Å². The number of para-hydroxylation sites is 1. The molecule has 6 aromatic rings. The Balaban J connectivity index is 1.29. The van der Waals surface area contributed by atoms with Gasteiger partial charge in [-0.05, 0) is 88.3 Å². The lowest BCUT2D eigenvalue weighted by atomic mass is 10.0. The highest BCUT2D eigenvalue weighted by molar-refractivity contribution is 6.76. The zero-order valence-electron chi connectivity index (χ0n) is 31.4. The van der Waals surface area contributed by atoms with Gasteiger partial charge in [-0.3, -0.25) is 9.36 Å². The first-order valence-corrected chi connectivity index (χ1v) is 21.9. The Morgan fingerprint density at radius 1 is 1.04 bits per heavy atom. The van der Waals surface area contributed by atoms with Crippen LogP contribution < -0.4 is 15.8 Å². The van der Waals surface area contributed by atoms with Crippen LogP contribution in [0.2, 0.25) is 25.7 Å². The van der Waals surface area contributed by atoms with Gasteiger partial charge in [-0.1, -0.05) is 37.8 Å². The molecule has 1 N–H and O–H groups in total. The van der Waals surface area contributed by atoms with Crippen molar-refractivity contribution in [1.82, 2.24) is 38.6 Å². The number of ether oxygens (including phenoxy) is 1. The molecule has 0 amide bonds. The summed E-state index contributed by atoms with van der Waals surface area (Å²) in [4.78, 5) is 33.2. The third kappa shape index (κ3) is 7.25. The molecule has 1 fully saturated rings. The normalized spacial score (nSPS) is 14.9. The van der Waals surface area contributed by atoms with Gasteiger partial charge in [0.1, 0.15) is 35.9 Å². The van der Waals surface area contributed by atoms with Gasteiger partial charge in [0.05, 0.1) is 17.1 Å². The van der Waals surface area contributed by atoms with Gasteiger partial charge in [-0.15, -0.1) is 0 Å². The molecule has 7 rings (SSSR count). The average molecular weight is 719 g/mol. The van der Waals surface area contributed by atoms with E-state index in [4.69, 9.17) is 24.8 Å². The Kier molecular flexibility index (Phi) is 10.0. The second kappa shape index (κ2) is 14.6. The van der Waals surface area contributed by atoms with Crippen LogP contribution in [0.15, 0.2) is 78.2 Å². The molecule has 13 heteroatoms. The quantitative estimate of drug-likeness (QED) is 0.110. The van der Waals surface area contributed by atoms with Gasteiger partial charge in [-0.25, -0.2) is 19.5 Å². The van der Waals surface area contributed by atoms with E-state index in [0.717, 1.165) is 71.2 Å². The third-order valence-electron chi connectivity index (χ3n) is 10.1. The fraction of sp³-hybridized carbons (Fsp3) is 0.410. The van der Waals surface area contributed by atoms with Crippen molar-refractivity contribution in [3.8, 4) is 16.8 Å². The number of hydrogen-bond acceptors (Lipinski definition) is 9. The maximum Gasteiger partial charge on any atom is 0.282 e. The number of nitrogens with one attached hydrogen (secondary N) is 1. The van der Waals surface area contributed by atoms with Gasteiger partial charge in [-0.2, -0.15) is 5.10 Å². The standard InChI is InChI=1S/C39H50N10O2Si/c1-27-14-20-48-35(27)39(50)49(31-11-9-8-10-12-31)37(44-48)28(2)43-36-34-32(24-47(38(34)42-25-41-36)26-51-21-22-52(5,6)7)29-13-17-40-33(23-29)46-18-15-30(16-19-46)45(3)4/h8-14,17,20,23-25,28,30H,15-16,18-19,21-22,26H2,1-7H3,(H,41,42,43). The first kappa shape index (κ1) is 35.5. The Hall–Kier alpha value is -4.85. The smallest absolute Gasteiger partial charge is 0.282 e. The molecule has 1 atom stereocenters. The molecule has 52 heavy (non-hydrogen) atoms. The van der Waals surface area contributed by atoms with Crippen LogP contribution in [-0.4, -0.2) is 86.5 Å². The molecule has 0 bridgehead atoms. The summed E-state index contributed by atoms with van der Waals surface area (Å²) in [5.41, 5.74) is 4.83. The molecule has 0 spiro atoms. The predicted octanol–water partition coefficient (Wildman–Crippen LogP) is 6.62. The van der Waals surface area contributed by atoms with Crippen LogP contribution in [0.3, 0.4) is 0 Å². The molecule has 0 radical (unpaired) electrons. The Bertz CT molecular complexity index is 2230. The summed E-state index contributed by atoms with van der Waals surface area (Å²) in [6.45, 7) is 14.0. The number of fused-ring (bicyclic) bond motifs is 2. The second-order valence-corrected chi connectivity index (χ2v) is 21.0. The molecule has 1 aliphatic heterocycles. The first-order chi connectivity index (χ1) is 25.0. The van der Waals surface area contributed by atoms with Crippen molar-refractivity contribution in [2.24, 2.45) is 0 Å². The highest BCUT2D eigenvalue weighted by Gasteiger charge is 2.25. The van der Waals surface area contributed by atoms with Crippen LogP contribution >= 0.6 is 0 Å². The van der Waals surface area contributed by atoms with E-state index in [1.54, 1.807) is 15.4 Å². The number of aromatic nitrogens is 7. The lowest BCUT2D eigenvalue weighted by Gasteiger charge is -2.35. The van der Waals surface area contributed by atoms with E-state index in [1.807, 2.05) is 62.6 Å². The zero-order valence-corrected chi connectivity index (χ0v) is 32.4. The molecule has 1 aromatic carbocycles. The van der Waals surface area contributed by atoms with Crippen LogP contribution in [0.1, 0.15) is 37.2 Å². The van der Waals surface area contributed by atoms with Crippen LogP contribution in [0, 0.1) is 6.92 Å². The fourth-order valence-electron chi connectivity index (χ4n) is 7.07. The van der Waals surface area contributed by atoms with Crippen LogP contribution in [0.4, 0.5) is 11.6 Å². The van der Waals surface area contributed by atoms with Crippen molar-refractivity contribution in [1.29, 1.82) is 0 Å². The van der Waals surface area contributed by atoms with Gasteiger partial charge < -0.3 is 24.4 Å². The summed E-state index contributed by atoms with van der Waals surface area (Å²) in [7, 11) is 3.07. The van der Waals surface area contributed by atoms with E-state index in [9.17, 15) is 4.79 Å². The molecule has 1 aliphatic rings. The largest absolute Gasteiger partial charge is 0.361 e.